The van der Waals surface area contributed by atoms with Crippen molar-refractivity contribution in [2.24, 2.45) is 17.8 Å². The molecule has 0 amide bonds. The van der Waals surface area contributed by atoms with E-state index in [1.54, 1.807) is 6.07 Å². The van der Waals surface area contributed by atoms with Crippen LogP contribution in [0.1, 0.15) is 75.1 Å². The molecule has 2 aliphatic rings. The van der Waals surface area contributed by atoms with Gasteiger partial charge in [-0.05, 0) is 100 Å². The van der Waals surface area contributed by atoms with Gasteiger partial charge in [0.2, 0.25) is 11.8 Å². The van der Waals surface area contributed by atoms with Gasteiger partial charge in [0.15, 0.2) is 0 Å². The highest BCUT2D eigenvalue weighted by atomic mass is 32.2. The van der Waals surface area contributed by atoms with E-state index in [0.29, 0.717) is 30.0 Å². The van der Waals surface area contributed by atoms with Crippen LogP contribution in [-0.4, -0.2) is 37.2 Å². The Labute approximate surface area is 245 Å². The molecule has 1 aliphatic heterocycles. The zero-order valence-corrected chi connectivity index (χ0v) is 26.1. The number of aromatic nitrogens is 2. The number of nitrogens with zero attached hydrogens (tertiary/aromatic N) is 2. The molecule has 1 aliphatic carbocycles. The molecule has 4 bridgehead atoms. The molecular weight excluding hydrogens is 534 g/mol. The van der Waals surface area contributed by atoms with Crippen LogP contribution in [0.3, 0.4) is 0 Å². The van der Waals surface area contributed by atoms with Crippen molar-refractivity contribution in [3.8, 4) is 17.1 Å². The van der Waals surface area contributed by atoms with Crippen LogP contribution in [0, 0.1) is 38.5 Å². The molecule has 1 saturated carbocycles. The highest BCUT2D eigenvalue weighted by Crippen LogP contribution is 2.47. The van der Waals surface area contributed by atoms with Crippen LogP contribution in [0.4, 0.5) is 5.95 Å². The second kappa shape index (κ2) is 11.7. The number of anilines is 1. The zero-order chi connectivity index (χ0) is 29.5. The van der Waals surface area contributed by atoms with Crippen LogP contribution in [0.25, 0.3) is 11.3 Å². The summed E-state index contributed by atoms with van der Waals surface area (Å²) in [6.07, 6.45) is 3.29. The van der Waals surface area contributed by atoms with Gasteiger partial charge >= 0.3 is 0 Å². The van der Waals surface area contributed by atoms with Crippen molar-refractivity contribution < 1.29 is 17.9 Å². The Balaban J connectivity index is 1.63. The van der Waals surface area contributed by atoms with E-state index in [-0.39, 0.29) is 34.9 Å². The van der Waals surface area contributed by atoms with E-state index >= 15 is 0 Å². The van der Waals surface area contributed by atoms with Crippen molar-refractivity contribution in [2.75, 3.05) is 11.3 Å². The highest BCUT2D eigenvalue weighted by molar-refractivity contribution is 7.92. The van der Waals surface area contributed by atoms with Crippen LogP contribution >= 0.6 is 0 Å². The molecule has 5 rings (SSSR count). The lowest BCUT2D eigenvalue weighted by Crippen LogP contribution is -2.40. The number of fused-ring (bicyclic) bond motifs is 4. The lowest BCUT2D eigenvalue weighted by molar-refractivity contribution is -0.0741. The van der Waals surface area contributed by atoms with E-state index in [9.17, 15) is 8.42 Å². The van der Waals surface area contributed by atoms with Crippen LogP contribution in [0.2, 0.25) is 0 Å². The molecule has 1 fully saturated rings. The number of hydrogen-bond acceptors (Lipinski definition) is 6. The van der Waals surface area contributed by atoms with Crippen LogP contribution in [0.5, 0.6) is 5.88 Å². The van der Waals surface area contributed by atoms with Crippen molar-refractivity contribution in [2.45, 2.75) is 90.7 Å². The minimum absolute atomic E-state index is 0.0128. The molecule has 0 saturated heterocycles. The van der Waals surface area contributed by atoms with Crippen molar-refractivity contribution >= 4 is 16.0 Å². The van der Waals surface area contributed by atoms with Crippen LogP contribution in [-0.2, 0) is 14.8 Å². The fourth-order valence-electron chi connectivity index (χ4n) is 6.62. The lowest BCUT2D eigenvalue weighted by atomic mass is 9.65. The van der Waals surface area contributed by atoms with Gasteiger partial charge in [0.05, 0.1) is 29.4 Å². The van der Waals surface area contributed by atoms with Crippen molar-refractivity contribution in [3.05, 3.63) is 64.7 Å². The molecule has 1 unspecified atom stereocenters. The first-order valence-electron chi connectivity index (χ1n) is 14.8. The topological polar surface area (TPSA) is 90.4 Å². The SMILES string of the molecule is Cc1cccc(C)c1-c1nc2nc(c1C)OC[C@@H](CC(C)C)C(C1CC(OC(C)C)C1)c1cccc(c1)S(=O)(=O)N2. The molecule has 3 aromatic rings. The first-order chi connectivity index (χ1) is 19.4. The Bertz CT molecular complexity index is 1490. The van der Waals surface area contributed by atoms with Gasteiger partial charge in [0.25, 0.3) is 10.0 Å². The third-order valence-corrected chi connectivity index (χ3v) is 9.74. The summed E-state index contributed by atoms with van der Waals surface area (Å²) in [6, 6.07) is 13.5. The fourth-order valence-corrected chi connectivity index (χ4v) is 7.61. The first kappa shape index (κ1) is 29.5. The van der Waals surface area contributed by atoms with Crippen molar-refractivity contribution in [3.63, 3.8) is 0 Å². The van der Waals surface area contributed by atoms with Gasteiger partial charge in [0, 0.05) is 17.0 Å². The summed E-state index contributed by atoms with van der Waals surface area (Å²) in [7, 11) is -3.94. The Morgan fingerprint density at radius 3 is 2.34 bits per heavy atom. The molecule has 1 aromatic heterocycles. The third kappa shape index (κ3) is 6.28. The molecule has 0 radical (unpaired) electrons. The lowest BCUT2D eigenvalue weighted by Gasteiger charge is -2.44. The quantitative estimate of drug-likeness (QED) is 0.333. The molecule has 220 valence electrons. The second-order valence-electron chi connectivity index (χ2n) is 12.5. The number of ether oxygens (including phenoxy) is 2. The van der Waals surface area contributed by atoms with Gasteiger partial charge in [-0.1, -0.05) is 44.2 Å². The normalized spacial score (nSPS) is 23.6. The second-order valence-corrected chi connectivity index (χ2v) is 14.2. The number of aryl methyl sites for hydroxylation is 2. The highest BCUT2D eigenvalue weighted by Gasteiger charge is 2.41. The zero-order valence-electron chi connectivity index (χ0n) is 25.3. The van der Waals surface area contributed by atoms with Gasteiger partial charge in [-0.2, -0.15) is 4.98 Å². The maximum absolute atomic E-state index is 13.7. The summed E-state index contributed by atoms with van der Waals surface area (Å²) in [5, 5.41) is 0. The van der Waals surface area contributed by atoms with Gasteiger partial charge in [-0.15, -0.1) is 0 Å². The molecule has 2 aromatic carbocycles. The largest absolute Gasteiger partial charge is 0.477 e. The first-order valence-corrected chi connectivity index (χ1v) is 16.3. The molecule has 2 heterocycles. The average molecular weight is 578 g/mol. The monoisotopic (exact) mass is 577 g/mol. The predicted octanol–water partition coefficient (Wildman–Crippen LogP) is 7.21. The van der Waals surface area contributed by atoms with Gasteiger partial charge in [-0.3, -0.25) is 0 Å². The Morgan fingerprint density at radius 2 is 1.68 bits per heavy atom. The van der Waals surface area contributed by atoms with Crippen molar-refractivity contribution in [1.29, 1.82) is 0 Å². The fraction of sp³-hybridized carbons (Fsp3) is 0.515. The molecule has 0 spiro atoms. The van der Waals surface area contributed by atoms with E-state index in [4.69, 9.17) is 14.5 Å². The summed E-state index contributed by atoms with van der Waals surface area (Å²) in [6.45, 7) is 15.1. The van der Waals surface area contributed by atoms with E-state index in [1.165, 1.54) is 0 Å². The smallest absolute Gasteiger partial charge is 0.264 e. The van der Waals surface area contributed by atoms with E-state index in [0.717, 1.165) is 47.1 Å². The van der Waals surface area contributed by atoms with Gasteiger partial charge in [0.1, 0.15) is 0 Å². The Morgan fingerprint density at radius 1 is 1.00 bits per heavy atom. The Kier molecular flexibility index (Phi) is 8.44. The van der Waals surface area contributed by atoms with Crippen LogP contribution < -0.4 is 9.46 Å². The minimum atomic E-state index is -3.94. The van der Waals surface area contributed by atoms with E-state index < -0.39 is 10.0 Å². The minimum Gasteiger partial charge on any atom is -0.477 e. The molecule has 8 heteroatoms. The van der Waals surface area contributed by atoms with E-state index in [1.807, 2.05) is 51.1 Å². The third-order valence-electron chi connectivity index (χ3n) is 8.42. The summed E-state index contributed by atoms with van der Waals surface area (Å²) < 4.78 is 42.7. The summed E-state index contributed by atoms with van der Waals surface area (Å²) in [4.78, 5) is 9.55. The maximum atomic E-state index is 13.7. The number of sulfonamides is 1. The number of nitrogens with one attached hydrogen (secondary N) is 1. The van der Waals surface area contributed by atoms with Gasteiger partial charge in [-0.25, -0.2) is 18.1 Å². The standard InChI is InChI=1S/C33H43N3O4S/c1-19(2)14-26-18-39-32-23(7)31(29-21(5)10-8-11-22(29)6)34-33(35-32)36-41(37,38)28-13-9-12-24(17-28)30(26)25-15-27(16-25)40-20(3)4/h8-13,17,19-20,25-27,30H,14-16,18H2,1-7H3,(H,34,35,36)/t25?,26-,27?,30?/m1/s1. The molecule has 1 N–H and O–H groups in total. The summed E-state index contributed by atoms with van der Waals surface area (Å²) in [5.41, 5.74) is 5.60. The Hall–Kier alpha value is -2.97. The average Bonchev–Trinajstić information content (AvgIpc) is 2.86. The van der Waals surface area contributed by atoms with Crippen molar-refractivity contribution in [1.82, 2.24) is 9.97 Å². The number of rotatable bonds is 6. The number of benzene rings is 2. The summed E-state index contributed by atoms with van der Waals surface area (Å²) in [5.74, 6) is 1.57. The number of hydrogen-bond donors (Lipinski definition) is 1. The summed E-state index contributed by atoms with van der Waals surface area (Å²) >= 11 is 0. The van der Waals surface area contributed by atoms with E-state index in [2.05, 4.69) is 43.5 Å². The van der Waals surface area contributed by atoms with Gasteiger partial charge < -0.3 is 9.47 Å². The molecular formula is C33H43N3O4S. The molecule has 7 nitrogen and oxygen atoms in total. The maximum Gasteiger partial charge on any atom is 0.264 e. The predicted molar refractivity (Wildman–Crippen MR) is 163 cm³/mol. The van der Waals surface area contributed by atoms with Crippen LogP contribution in [0.15, 0.2) is 47.4 Å². The molecule has 41 heavy (non-hydrogen) atoms. The molecule has 2 atom stereocenters.